The van der Waals surface area contributed by atoms with E-state index in [2.05, 4.69) is 23.1 Å². The molecule has 4 heteroatoms. The van der Waals surface area contributed by atoms with E-state index in [-0.39, 0.29) is 5.82 Å². The average Bonchev–Trinajstić information content (AvgIpc) is 3.15. The van der Waals surface area contributed by atoms with E-state index >= 15 is 0 Å². The third-order valence-corrected chi connectivity index (χ3v) is 5.48. The molecule has 22 heavy (non-hydrogen) atoms. The highest BCUT2D eigenvalue weighted by atomic mass is 32.1. The van der Waals surface area contributed by atoms with Crippen LogP contribution in [0.4, 0.5) is 4.39 Å². The Labute approximate surface area is 133 Å². The molecule has 2 aromatic carbocycles. The fourth-order valence-corrected chi connectivity index (χ4v) is 4.20. The third-order valence-electron chi connectivity index (χ3n) is 4.28. The summed E-state index contributed by atoms with van der Waals surface area (Å²) in [4.78, 5) is 7.10. The van der Waals surface area contributed by atoms with Crippen LogP contribution in [-0.2, 0) is 6.54 Å². The van der Waals surface area contributed by atoms with Crippen LogP contribution in [0.15, 0.2) is 48.5 Å². The molecule has 0 saturated carbocycles. The van der Waals surface area contributed by atoms with E-state index in [0.717, 1.165) is 30.6 Å². The maximum atomic E-state index is 13.8. The van der Waals surface area contributed by atoms with E-state index < -0.39 is 0 Å². The van der Waals surface area contributed by atoms with Gasteiger partial charge in [0.1, 0.15) is 5.82 Å². The highest BCUT2D eigenvalue weighted by Gasteiger charge is 2.26. The van der Waals surface area contributed by atoms with Gasteiger partial charge in [0.2, 0.25) is 0 Å². The molecule has 0 N–H and O–H groups in total. The van der Waals surface area contributed by atoms with Crippen LogP contribution in [0.1, 0.15) is 22.9 Å². The van der Waals surface area contributed by atoms with Crippen LogP contribution in [0, 0.1) is 5.82 Å². The molecule has 1 atom stereocenters. The van der Waals surface area contributed by atoms with E-state index in [4.69, 9.17) is 4.98 Å². The van der Waals surface area contributed by atoms with Gasteiger partial charge in [-0.05, 0) is 31.2 Å². The number of fused-ring (bicyclic) bond motifs is 1. The fourth-order valence-electron chi connectivity index (χ4n) is 3.11. The van der Waals surface area contributed by atoms with Crippen molar-refractivity contribution in [3.8, 4) is 0 Å². The van der Waals surface area contributed by atoms with Gasteiger partial charge in [0.15, 0.2) is 0 Å². The normalized spacial score (nSPS) is 19.0. The predicted octanol–water partition coefficient (Wildman–Crippen LogP) is 4.42. The minimum atomic E-state index is -0.106. The molecule has 0 bridgehead atoms. The number of aromatic nitrogens is 1. The average molecular weight is 312 g/mol. The van der Waals surface area contributed by atoms with Gasteiger partial charge in [-0.2, -0.15) is 0 Å². The van der Waals surface area contributed by atoms with Crippen LogP contribution < -0.4 is 0 Å². The summed E-state index contributed by atoms with van der Waals surface area (Å²) in [6.45, 7) is 2.66. The summed E-state index contributed by atoms with van der Waals surface area (Å²) in [6.07, 6.45) is 1.11. The summed E-state index contributed by atoms with van der Waals surface area (Å²) in [5.41, 5.74) is 1.88. The summed E-state index contributed by atoms with van der Waals surface area (Å²) in [5, 5.41) is 1.22. The SMILES string of the molecule is Fc1ccccc1CN1CC[C@H](c2nc3ccccc3s2)C1. The molecule has 1 fully saturated rings. The second kappa shape index (κ2) is 5.78. The first-order valence-corrected chi connectivity index (χ1v) is 8.42. The van der Waals surface area contributed by atoms with Crippen LogP contribution in [-0.4, -0.2) is 23.0 Å². The predicted molar refractivity (Wildman–Crippen MR) is 88.7 cm³/mol. The van der Waals surface area contributed by atoms with Crippen LogP contribution in [0.25, 0.3) is 10.2 Å². The number of benzene rings is 2. The zero-order chi connectivity index (χ0) is 14.9. The quantitative estimate of drug-likeness (QED) is 0.711. The molecule has 2 nitrogen and oxygen atoms in total. The summed E-state index contributed by atoms with van der Waals surface area (Å²) in [6, 6.07) is 15.3. The lowest BCUT2D eigenvalue weighted by Crippen LogP contribution is -2.20. The van der Waals surface area contributed by atoms with Crippen molar-refractivity contribution < 1.29 is 4.39 Å². The largest absolute Gasteiger partial charge is 0.298 e. The molecule has 1 aliphatic rings. The number of para-hydroxylation sites is 1. The molecule has 0 spiro atoms. The summed E-state index contributed by atoms with van der Waals surface area (Å²) in [7, 11) is 0. The molecule has 0 radical (unpaired) electrons. The Hall–Kier alpha value is -1.78. The van der Waals surface area contributed by atoms with Gasteiger partial charge in [-0.15, -0.1) is 11.3 Å². The minimum Gasteiger partial charge on any atom is -0.298 e. The molecule has 1 saturated heterocycles. The zero-order valence-corrected chi connectivity index (χ0v) is 13.0. The van der Waals surface area contributed by atoms with Gasteiger partial charge in [0, 0.05) is 24.6 Å². The Kier molecular flexibility index (Phi) is 3.64. The number of likely N-dealkylation sites (tertiary alicyclic amines) is 1. The van der Waals surface area contributed by atoms with Crippen LogP contribution in [0.2, 0.25) is 0 Å². The van der Waals surface area contributed by atoms with E-state index in [1.165, 1.54) is 15.8 Å². The molecule has 0 amide bonds. The summed E-state index contributed by atoms with van der Waals surface area (Å²) < 4.78 is 15.0. The van der Waals surface area contributed by atoms with Gasteiger partial charge < -0.3 is 0 Å². The molecular formula is C18H17FN2S. The molecule has 112 valence electrons. The topological polar surface area (TPSA) is 16.1 Å². The second-order valence-corrected chi connectivity index (χ2v) is 6.89. The Morgan fingerprint density at radius 2 is 1.95 bits per heavy atom. The molecule has 3 aromatic rings. The van der Waals surface area contributed by atoms with Gasteiger partial charge in [0.25, 0.3) is 0 Å². The first-order chi connectivity index (χ1) is 10.8. The Bertz CT molecular complexity index is 765. The maximum Gasteiger partial charge on any atom is 0.127 e. The third kappa shape index (κ3) is 2.64. The van der Waals surface area contributed by atoms with E-state index in [9.17, 15) is 4.39 Å². The number of hydrogen-bond donors (Lipinski definition) is 0. The van der Waals surface area contributed by atoms with Gasteiger partial charge in [-0.25, -0.2) is 9.37 Å². The molecule has 4 rings (SSSR count). The number of halogens is 1. The lowest BCUT2D eigenvalue weighted by molar-refractivity contribution is 0.321. The van der Waals surface area contributed by atoms with Gasteiger partial charge in [-0.1, -0.05) is 30.3 Å². The van der Waals surface area contributed by atoms with Crippen molar-refractivity contribution in [1.29, 1.82) is 0 Å². The standard InChI is InChI=1S/C18H17FN2S/c19-15-6-2-1-5-13(15)11-21-10-9-14(12-21)18-20-16-7-3-4-8-17(16)22-18/h1-8,14H,9-12H2/t14-/m0/s1. The van der Waals surface area contributed by atoms with Gasteiger partial charge in [0.05, 0.1) is 15.2 Å². The van der Waals surface area contributed by atoms with E-state index in [0.29, 0.717) is 12.5 Å². The van der Waals surface area contributed by atoms with Crippen LogP contribution in [0.3, 0.4) is 0 Å². The number of thiazole rings is 1. The molecule has 0 unspecified atom stereocenters. The molecular weight excluding hydrogens is 295 g/mol. The van der Waals surface area contributed by atoms with E-state index in [1.807, 2.05) is 18.2 Å². The van der Waals surface area contributed by atoms with Crippen molar-refractivity contribution in [3.05, 3.63) is 64.9 Å². The van der Waals surface area contributed by atoms with E-state index in [1.54, 1.807) is 17.4 Å². The lowest BCUT2D eigenvalue weighted by atomic mass is 10.1. The highest BCUT2D eigenvalue weighted by Crippen LogP contribution is 2.33. The fraction of sp³-hybridized carbons (Fsp3) is 0.278. The second-order valence-electron chi connectivity index (χ2n) is 5.83. The van der Waals surface area contributed by atoms with Crippen molar-refractivity contribution in [2.24, 2.45) is 0 Å². The number of nitrogens with zero attached hydrogens (tertiary/aromatic N) is 2. The first kappa shape index (κ1) is 13.9. The smallest absolute Gasteiger partial charge is 0.127 e. The van der Waals surface area contributed by atoms with Crippen molar-refractivity contribution in [1.82, 2.24) is 9.88 Å². The van der Waals surface area contributed by atoms with Crippen molar-refractivity contribution in [2.45, 2.75) is 18.9 Å². The highest BCUT2D eigenvalue weighted by molar-refractivity contribution is 7.18. The maximum absolute atomic E-state index is 13.8. The van der Waals surface area contributed by atoms with Crippen LogP contribution >= 0.6 is 11.3 Å². The summed E-state index contributed by atoms with van der Waals surface area (Å²) in [5.74, 6) is 0.370. The van der Waals surface area contributed by atoms with Crippen molar-refractivity contribution in [3.63, 3.8) is 0 Å². The van der Waals surface area contributed by atoms with Crippen molar-refractivity contribution in [2.75, 3.05) is 13.1 Å². The lowest BCUT2D eigenvalue weighted by Gasteiger charge is -2.15. The van der Waals surface area contributed by atoms with Crippen molar-refractivity contribution >= 4 is 21.6 Å². The van der Waals surface area contributed by atoms with Crippen LogP contribution in [0.5, 0.6) is 0 Å². The molecule has 1 aliphatic heterocycles. The number of hydrogen-bond acceptors (Lipinski definition) is 3. The Balaban J connectivity index is 1.49. The minimum absolute atomic E-state index is 0.106. The first-order valence-electron chi connectivity index (χ1n) is 7.61. The number of rotatable bonds is 3. The monoisotopic (exact) mass is 312 g/mol. The Morgan fingerprint density at radius 1 is 1.14 bits per heavy atom. The molecule has 1 aromatic heterocycles. The zero-order valence-electron chi connectivity index (χ0n) is 12.2. The van der Waals surface area contributed by atoms with Gasteiger partial charge >= 0.3 is 0 Å². The molecule has 2 heterocycles. The molecule has 0 aliphatic carbocycles. The van der Waals surface area contributed by atoms with Gasteiger partial charge in [-0.3, -0.25) is 4.90 Å². The summed E-state index contributed by atoms with van der Waals surface area (Å²) >= 11 is 1.79. The Morgan fingerprint density at radius 3 is 2.82 bits per heavy atom.